The number of hydrogen-bond acceptors (Lipinski definition) is 4. The summed E-state index contributed by atoms with van der Waals surface area (Å²) < 4.78 is 6.20. The number of esters is 1. The molecule has 1 amide bonds. The van der Waals surface area contributed by atoms with Crippen molar-refractivity contribution in [3.8, 4) is 0 Å². The fourth-order valence-electron chi connectivity index (χ4n) is 1.15. The maximum absolute atomic E-state index is 11.6. The lowest BCUT2D eigenvalue weighted by atomic mass is 10.3. The summed E-state index contributed by atoms with van der Waals surface area (Å²) in [5.41, 5.74) is 0. The van der Waals surface area contributed by atoms with Crippen molar-refractivity contribution >= 4 is 11.9 Å². The van der Waals surface area contributed by atoms with Gasteiger partial charge in [-0.05, 0) is 19.9 Å². The lowest BCUT2D eigenvalue weighted by molar-refractivity contribution is -0.143. The van der Waals surface area contributed by atoms with E-state index in [4.69, 9.17) is 0 Å². The molecule has 6 nitrogen and oxygen atoms in total. The summed E-state index contributed by atoms with van der Waals surface area (Å²) in [4.78, 5) is 22.6. The number of hydrogen-bond donors (Lipinski definition) is 1. The van der Waals surface area contributed by atoms with E-state index in [1.807, 2.05) is 0 Å². The molecule has 16 heavy (non-hydrogen) atoms. The van der Waals surface area contributed by atoms with Gasteiger partial charge in [-0.25, -0.2) is 0 Å². The summed E-state index contributed by atoms with van der Waals surface area (Å²) in [6, 6.07) is 1.29. The highest BCUT2D eigenvalue weighted by atomic mass is 16.5. The molecular weight excluding hydrogens is 210 g/mol. The predicted octanol–water partition coefficient (Wildman–Crippen LogP) is 0.123. The summed E-state index contributed by atoms with van der Waals surface area (Å²) >= 11 is 0. The van der Waals surface area contributed by atoms with Gasteiger partial charge >= 0.3 is 5.97 Å². The number of aromatic nitrogens is 2. The molecule has 0 aliphatic carbocycles. The Morgan fingerprint density at radius 3 is 2.88 bits per heavy atom. The van der Waals surface area contributed by atoms with Crippen LogP contribution in [0.25, 0.3) is 0 Å². The normalized spacial score (nSPS) is 11.9. The highest BCUT2D eigenvalue weighted by molar-refractivity contribution is 5.84. The Balaban J connectivity index is 2.38. The van der Waals surface area contributed by atoms with Crippen LogP contribution in [0.4, 0.5) is 0 Å². The third-order valence-electron chi connectivity index (χ3n) is 2.01. The molecule has 0 aliphatic rings. The van der Waals surface area contributed by atoms with Crippen molar-refractivity contribution in [1.29, 1.82) is 0 Å². The monoisotopic (exact) mass is 225 g/mol. The van der Waals surface area contributed by atoms with Crippen molar-refractivity contribution < 1.29 is 14.3 Å². The highest BCUT2D eigenvalue weighted by Crippen LogP contribution is 2.02. The molecule has 0 aliphatic heterocycles. The van der Waals surface area contributed by atoms with Crippen molar-refractivity contribution in [1.82, 2.24) is 15.1 Å². The highest BCUT2D eigenvalue weighted by Gasteiger charge is 2.15. The minimum absolute atomic E-state index is 0.113. The summed E-state index contributed by atoms with van der Waals surface area (Å²) in [6.45, 7) is 3.61. The molecular formula is C10H15N3O3. The third kappa shape index (κ3) is 3.38. The van der Waals surface area contributed by atoms with Crippen LogP contribution < -0.4 is 5.32 Å². The van der Waals surface area contributed by atoms with Gasteiger partial charge in [-0.1, -0.05) is 0 Å². The van der Waals surface area contributed by atoms with E-state index in [0.29, 0.717) is 6.61 Å². The molecule has 1 aromatic rings. The van der Waals surface area contributed by atoms with Crippen LogP contribution in [-0.4, -0.2) is 34.8 Å². The Labute approximate surface area is 93.6 Å². The van der Waals surface area contributed by atoms with Crippen LogP contribution in [0.1, 0.15) is 19.9 Å². The van der Waals surface area contributed by atoms with Gasteiger partial charge in [0, 0.05) is 12.4 Å². The minimum atomic E-state index is -0.441. The summed E-state index contributed by atoms with van der Waals surface area (Å²) in [5.74, 6) is -0.708. The van der Waals surface area contributed by atoms with E-state index >= 15 is 0 Å². The van der Waals surface area contributed by atoms with Crippen molar-refractivity contribution in [3.63, 3.8) is 0 Å². The van der Waals surface area contributed by atoms with Crippen LogP contribution in [0.5, 0.6) is 0 Å². The fourth-order valence-corrected chi connectivity index (χ4v) is 1.15. The molecule has 1 unspecified atom stereocenters. The number of rotatable bonds is 5. The Hall–Kier alpha value is -1.85. The molecule has 0 fully saturated rings. The Kier molecular flexibility index (Phi) is 4.50. The van der Waals surface area contributed by atoms with Crippen LogP contribution in [0.2, 0.25) is 0 Å². The molecule has 0 radical (unpaired) electrons. The van der Waals surface area contributed by atoms with Gasteiger partial charge in [-0.2, -0.15) is 5.10 Å². The quantitative estimate of drug-likeness (QED) is 0.722. The molecule has 6 heteroatoms. The van der Waals surface area contributed by atoms with Gasteiger partial charge in [0.2, 0.25) is 5.91 Å². The lowest BCUT2D eigenvalue weighted by Gasteiger charge is -2.11. The predicted molar refractivity (Wildman–Crippen MR) is 56.6 cm³/mol. The number of nitrogens with zero attached hydrogens (tertiary/aromatic N) is 2. The van der Waals surface area contributed by atoms with E-state index in [1.54, 1.807) is 32.3 Å². The molecule has 0 spiro atoms. The zero-order chi connectivity index (χ0) is 12.0. The van der Waals surface area contributed by atoms with Crippen LogP contribution in [-0.2, 0) is 14.3 Å². The van der Waals surface area contributed by atoms with Gasteiger partial charge in [0.25, 0.3) is 0 Å². The molecule has 0 aromatic carbocycles. The second-order valence-corrected chi connectivity index (χ2v) is 3.18. The molecule has 1 aromatic heterocycles. The summed E-state index contributed by atoms with van der Waals surface area (Å²) in [7, 11) is 0. The molecule has 1 heterocycles. The number of carbonyl (C=O) groups excluding carboxylic acids is 2. The molecule has 0 bridgehead atoms. The maximum Gasteiger partial charge on any atom is 0.325 e. The lowest BCUT2D eigenvalue weighted by Crippen LogP contribution is -2.35. The number of nitrogens with one attached hydrogen (secondary N) is 1. The van der Waals surface area contributed by atoms with E-state index < -0.39 is 12.0 Å². The van der Waals surface area contributed by atoms with E-state index in [2.05, 4.69) is 15.2 Å². The van der Waals surface area contributed by atoms with Gasteiger partial charge in [-0.15, -0.1) is 0 Å². The Morgan fingerprint density at radius 2 is 2.31 bits per heavy atom. The number of ether oxygens (including phenoxy) is 1. The van der Waals surface area contributed by atoms with Crippen molar-refractivity contribution in [2.24, 2.45) is 0 Å². The van der Waals surface area contributed by atoms with Crippen molar-refractivity contribution in [2.75, 3.05) is 13.2 Å². The third-order valence-corrected chi connectivity index (χ3v) is 2.01. The Morgan fingerprint density at radius 1 is 1.56 bits per heavy atom. The zero-order valence-electron chi connectivity index (χ0n) is 9.34. The maximum atomic E-state index is 11.6. The SMILES string of the molecule is CCOC(=O)CNC(=O)C(C)n1cccn1. The van der Waals surface area contributed by atoms with Gasteiger partial charge < -0.3 is 10.1 Å². The molecule has 0 saturated carbocycles. The van der Waals surface area contributed by atoms with Crippen molar-refractivity contribution in [3.05, 3.63) is 18.5 Å². The minimum Gasteiger partial charge on any atom is -0.465 e. The van der Waals surface area contributed by atoms with Crippen LogP contribution in [0, 0.1) is 0 Å². The average Bonchev–Trinajstić information content (AvgIpc) is 2.78. The van der Waals surface area contributed by atoms with E-state index in [0.717, 1.165) is 0 Å². The molecule has 1 rings (SSSR count). The topological polar surface area (TPSA) is 73.2 Å². The van der Waals surface area contributed by atoms with Gasteiger partial charge in [-0.3, -0.25) is 14.3 Å². The molecule has 1 atom stereocenters. The zero-order valence-corrected chi connectivity index (χ0v) is 9.34. The largest absolute Gasteiger partial charge is 0.465 e. The first-order valence-corrected chi connectivity index (χ1v) is 5.07. The fraction of sp³-hybridized carbons (Fsp3) is 0.500. The van der Waals surface area contributed by atoms with E-state index in [9.17, 15) is 9.59 Å². The van der Waals surface area contributed by atoms with Crippen molar-refractivity contribution in [2.45, 2.75) is 19.9 Å². The molecule has 1 N–H and O–H groups in total. The van der Waals surface area contributed by atoms with E-state index in [1.165, 1.54) is 4.68 Å². The van der Waals surface area contributed by atoms with Crippen LogP contribution >= 0.6 is 0 Å². The van der Waals surface area contributed by atoms with Gasteiger partial charge in [0.1, 0.15) is 12.6 Å². The second kappa shape index (κ2) is 5.89. The molecule has 88 valence electrons. The summed E-state index contributed by atoms with van der Waals surface area (Å²) in [6.07, 6.45) is 3.28. The van der Waals surface area contributed by atoms with E-state index in [-0.39, 0.29) is 12.5 Å². The van der Waals surface area contributed by atoms with Gasteiger partial charge in [0.05, 0.1) is 6.61 Å². The summed E-state index contributed by atoms with van der Waals surface area (Å²) in [5, 5.41) is 6.42. The second-order valence-electron chi connectivity index (χ2n) is 3.18. The number of carbonyl (C=O) groups is 2. The standard InChI is InChI=1S/C10H15N3O3/c1-3-16-9(14)7-11-10(15)8(2)13-6-4-5-12-13/h4-6,8H,3,7H2,1-2H3,(H,11,15). The first-order valence-electron chi connectivity index (χ1n) is 5.07. The first-order chi connectivity index (χ1) is 7.65. The number of amides is 1. The van der Waals surface area contributed by atoms with Gasteiger partial charge in [0.15, 0.2) is 0 Å². The Bertz CT molecular complexity index is 348. The molecule has 0 saturated heterocycles. The van der Waals surface area contributed by atoms with Crippen LogP contribution in [0.3, 0.4) is 0 Å². The van der Waals surface area contributed by atoms with Crippen LogP contribution in [0.15, 0.2) is 18.5 Å². The average molecular weight is 225 g/mol. The smallest absolute Gasteiger partial charge is 0.325 e. The first kappa shape index (κ1) is 12.2.